The number of nitrogens with one attached hydrogen (secondary N) is 1. The number of hydrogen-bond acceptors (Lipinski definition) is 5. The summed E-state index contributed by atoms with van der Waals surface area (Å²) in [5.74, 6) is 0. The summed E-state index contributed by atoms with van der Waals surface area (Å²) in [5.41, 5.74) is 0. The van der Waals surface area contributed by atoms with Gasteiger partial charge in [0.05, 0.1) is 19.3 Å². The van der Waals surface area contributed by atoms with E-state index in [0.29, 0.717) is 6.54 Å². The van der Waals surface area contributed by atoms with Crippen molar-refractivity contribution in [2.45, 2.75) is 43.7 Å². The molecule has 2 heterocycles. The van der Waals surface area contributed by atoms with E-state index in [9.17, 15) is 8.42 Å². The molecular weight excluding hydrogens is 292 g/mol. The third-order valence-corrected chi connectivity index (χ3v) is 5.13. The van der Waals surface area contributed by atoms with Gasteiger partial charge in [-0.1, -0.05) is 6.42 Å². The summed E-state index contributed by atoms with van der Waals surface area (Å²) in [6.45, 7) is 4.91. The molecule has 0 radical (unpaired) electrons. The molecule has 0 aromatic carbocycles. The number of sulfonamides is 1. The smallest absolute Gasteiger partial charge is 0.243 e. The van der Waals surface area contributed by atoms with Crippen molar-refractivity contribution in [3.05, 3.63) is 12.4 Å². The normalized spacial score (nSPS) is 18.8. The number of likely N-dealkylation sites (tertiary alicyclic amines) is 1. The van der Waals surface area contributed by atoms with Crippen molar-refractivity contribution in [3.63, 3.8) is 0 Å². The number of aromatic nitrogens is 2. The van der Waals surface area contributed by atoms with Crippen LogP contribution in [0.25, 0.3) is 0 Å². The van der Waals surface area contributed by atoms with Gasteiger partial charge in [-0.25, -0.2) is 13.1 Å². The van der Waals surface area contributed by atoms with Crippen LogP contribution in [0.1, 0.15) is 26.2 Å². The van der Waals surface area contributed by atoms with Gasteiger partial charge in [-0.15, -0.1) is 0 Å². The zero-order valence-corrected chi connectivity index (χ0v) is 13.2. The van der Waals surface area contributed by atoms with Crippen LogP contribution in [0, 0.1) is 0 Å². The standard InChI is InChI=1S/C13H24N4O3S/c1-12(10-16-5-3-2-4-6-16)15-21(19,20)13-9-14-17(11-13)7-8-18/h9,11-12,15,18H,2-8,10H2,1H3. The lowest BCUT2D eigenvalue weighted by atomic mass is 10.1. The number of aliphatic hydroxyl groups is 1. The molecule has 1 unspecified atom stereocenters. The molecule has 120 valence electrons. The zero-order valence-electron chi connectivity index (χ0n) is 12.4. The van der Waals surface area contributed by atoms with E-state index in [4.69, 9.17) is 5.11 Å². The SMILES string of the molecule is CC(CN1CCCCC1)NS(=O)(=O)c1cnn(CCO)c1. The lowest BCUT2D eigenvalue weighted by molar-refractivity contribution is 0.215. The molecule has 2 N–H and O–H groups in total. The molecule has 0 spiro atoms. The molecule has 0 amide bonds. The Bertz CT molecular complexity index is 537. The molecule has 8 heteroatoms. The molecule has 1 fully saturated rings. The molecule has 0 saturated carbocycles. The molecule has 7 nitrogen and oxygen atoms in total. The predicted octanol–water partition coefficient (Wildman–Crippen LogP) is 0.0281. The van der Waals surface area contributed by atoms with Crippen LogP contribution in [0.15, 0.2) is 17.3 Å². The van der Waals surface area contributed by atoms with Gasteiger partial charge < -0.3 is 10.0 Å². The number of hydrogen-bond donors (Lipinski definition) is 2. The Hall–Kier alpha value is -0.960. The first-order valence-corrected chi connectivity index (χ1v) is 8.87. The highest BCUT2D eigenvalue weighted by atomic mass is 32.2. The summed E-state index contributed by atoms with van der Waals surface area (Å²) < 4.78 is 28.6. The zero-order chi connectivity index (χ0) is 15.3. The minimum absolute atomic E-state index is 0.0695. The summed E-state index contributed by atoms with van der Waals surface area (Å²) in [6.07, 6.45) is 6.39. The van der Waals surface area contributed by atoms with Gasteiger partial charge in [0.15, 0.2) is 0 Å². The average molecular weight is 316 g/mol. The molecule has 0 bridgehead atoms. The molecule has 1 saturated heterocycles. The second-order valence-electron chi connectivity index (χ2n) is 5.55. The fraction of sp³-hybridized carbons (Fsp3) is 0.769. The second kappa shape index (κ2) is 7.35. The Balaban J connectivity index is 1.92. The molecule has 1 aromatic heterocycles. The first-order valence-electron chi connectivity index (χ1n) is 7.39. The van der Waals surface area contributed by atoms with Crippen molar-refractivity contribution in [2.75, 3.05) is 26.2 Å². The topological polar surface area (TPSA) is 87.5 Å². The Morgan fingerprint density at radius 1 is 1.38 bits per heavy atom. The number of rotatable bonds is 7. The fourth-order valence-corrected chi connectivity index (χ4v) is 3.79. The van der Waals surface area contributed by atoms with Crippen LogP contribution >= 0.6 is 0 Å². The minimum atomic E-state index is -3.55. The van der Waals surface area contributed by atoms with E-state index >= 15 is 0 Å². The van der Waals surface area contributed by atoms with Crippen LogP contribution in [-0.4, -0.2) is 60.5 Å². The van der Waals surface area contributed by atoms with Gasteiger partial charge >= 0.3 is 0 Å². The molecule has 1 atom stereocenters. The van der Waals surface area contributed by atoms with Crippen molar-refractivity contribution in [2.24, 2.45) is 0 Å². The first-order chi connectivity index (χ1) is 10.0. The maximum atomic E-state index is 12.3. The highest BCUT2D eigenvalue weighted by molar-refractivity contribution is 7.89. The molecule has 0 aliphatic carbocycles. The highest BCUT2D eigenvalue weighted by Gasteiger charge is 2.21. The monoisotopic (exact) mass is 316 g/mol. The van der Waals surface area contributed by atoms with Crippen LogP contribution in [-0.2, 0) is 16.6 Å². The van der Waals surface area contributed by atoms with Gasteiger partial charge in [0.25, 0.3) is 0 Å². The van der Waals surface area contributed by atoms with E-state index in [1.54, 1.807) is 0 Å². The van der Waals surface area contributed by atoms with Crippen molar-refractivity contribution in [3.8, 4) is 0 Å². The largest absolute Gasteiger partial charge is 0.394 e. The van der Waals surface area contributed by atoms with Crippen molar-refractivity contribution in [1.29, 1.82) is 0 Å². The van der Waals surface area contributed by atoms with Gasteiger partial charge in [-0.05, 0) is 32.9 Å². The van der Waals surface area contributed by atoms with E-state index < -0.39 is 10.0 Å². The fourth-order valence-electron chi connectivity index (χ4n) is 2.61. The van der Waals surface area contributed by atoms with Gasteiger partial charge in [-0.2, -0.15) is 5.10 Å². The van der Waals surface area contributed by atoms with Crippen LogP contribution in [0.5, 0.6) is 0 Å². The molecule has 21 heavy (non-hydrogen) atoms. The Kier molecular flexibility index (Phi) is 5.74. The second-order valence-corrected chi connectivity index (χ2v) is 7.26. The molecule has 1 aliphatic heterocycles. The maximum absolute atomic E-state index is 12.3. The highest BCUT2D eigenvalue weighted by Crippen LogP contribution is 2.11. The molecule has 2 rings (SSSR count). The molecule has 1 aliphatic rings. The average Bonchev–Trinajstić information content (AvgIpc) is 2.89. The molecule has 1 aromatic rings. The summed E-state index contributed by atoms with van der Waals surface area (Å²) in [6, 6.07) is -0.144. The number of nitrogens with zero attached hydrogens (tertiary/aromatic N) is 3. The molecular formula is C13H24N4O3S. The quantitative estimate of drug-likeness (QED) is 0.741. The van der Waals surface area contributed by atoms with E-state index in [1.807, 2.05) is 6.92 Å². The van der Waals surface area contributed by atoms with Gasteiger partial charge in [0.1, 0.15) is 4.90 Å². The van der Waals surface area contributed by atoms with Gasteiger partial charge in [0.2, 0.25) is 10.0 Å². The van der Waals surface area contributed by atoms with Crippen molar-refractivity contribution < 1.29 is 13.5 Å². The maximum Gasteiger partial charge on any atom is 0.243 e. The van der Waals surface area contributed by atoms with E-state index in [-0.39, 0.29) is 17.5 Å². The lowest BCUT2D eigenvalue weighted by Crippen LogP contribution is -2.43. The number of piperidine rings is 1. The van der Waals surface area contributed by atoms with Crippen LogP contribution < -0.4 is 4.72 Å². The third kappa shape index (κ3) is 4.77. The van der Waals surface area contributed by atoms with Crippen molar-refractivity contribution >= 4 is 10.0 Å². The van der Waals surface area contributed by atoms with Crippen LogP contribution in [0.3, 0.4) is 0 Å². The van der Waals surface area contributed by atoms with E-state index in [1.165, 1.54) is 36.3 Å². The summed E-state index contributed by atoms with van der Waals surface area (Å²) in [7, 11) is -3.55. The van der Waals surface area contributed by atoms with Crippen molar-refractivity contribution in [1.82, 2.24) is 19.4 Å². The Morgan fingerprint density at radius 3 is 2.76 bits per heavy atom. The van der Waals surface area contributed by atoms with Gasteiger partial charge in [0, 0.05) is 18.8 Å². The lowest BCUT2D eigenvalue weighted by Gasteiger charge is -2.29. The summed E-state index contributed by atoms with van der Waals surface area (Å²) in [4.78, 5) is 2.44. The summed E-state index contributed by atoms with van der Waals surface area (Å²) >= 11 is 0. The number of aliphatic hydroxyl groups excluding tert-OH is 1. The van der Waals surface area contributed by atoms with E-state index in [0.717, 1.165) is 19.6 Å². The van der Waals surface area contributed by atoms with Crippen LogP contribution in [0.2, 0.25) is 0 Å². The minimum Gasteiger partial charge on any atom is -0.394 e. The van der Waals surface area contributed by atoms with Crippen LogP contribution in [0.4, 0.5) is 0 Å². The Morgan fingerprint density at radius 2 is 2.10 bits per heavy atom. The Labute approximate surface area is 126 Å². The first kappa shape index (κ1) is 16.4. The van der Waals surface area contributed by atoms with Gasteiger partial charge in [-0.3, -0.25) is 4.68 Å². The third-order valence-electron chi connectivity index (χ3n) is 3.59. The van der Waals surface area contributed by atoms with E-state index in [2.05, 4.69) is 14.7 Å². The summed E-state index contributed by atoms with van der Waals surface area (Å²) in [5, 5.41) is 12.8. The predicted molar refractivity (Wildman–Crippen MR) is 79.4 cm³/mol.